The van der Waals surface area contributed by atoms with Crippen molar-refractivity contribution in [3.8, 4) is 0 Å². The zero-order valence-corrected chi connectivity index (χ0v) is 22.2. The molecule has 4 rings (SSSR count). The summed E-state index contributed by atoms with van der Waals surface area (Å²) in [7, 11) is -3.15. The molecule has 2 heterocycles. The van der Waals surface area contributed by atoms with Crippen molar-refractivity contribution in [1.82, 2.24) is 10.2 Å². The van der Waals surface area contributed by atoms with E-state index in [2.05, 4.69) is 10.3 Å². The predicted molar refractivity (Wildman–Crippen MR) is 142 cm³/mol. The van der Waals surface area contributed by atoms with Gasteiger partial charge in [-0.2, -0.15) is 4.99 Å². The zero-order valence-electron chi connectivity index (χ0n) is 20.6. The fourth-order valence-electron chi connectivity index (χ4n) is 4.27. The van der Waals surface area contributed by atoms with Crippen LogP contribution in [0.1, 0.15) is 31.9 Å². The van der Waals surface area contributed by atoms with Gasteiger partial charge in [0, 0.05) is 18.2 Å². The van der Waals surface area contributed by atoms with Gasteiger partial charge >= 0.3 is 6.09 Å². The van der Waals surface area contributed by atoms with E-state index < -0.39 is 33.5 Å². The van der Waals surface area contributed by atoms with E-state index in [1.54, 1.807) is 20.8 Å². The van der Waals surface area contributed by atoms with Crippen LogP contribution in [0.3, 0.4) is 0 Å². The summed E-state index contributed by atoms with van der Waals surface area (Å²) in [5.74, 6) is -0.410. The SMILES string of the molecule is CC(C)(C)OC(=O)N[C@@H](Cc1ccccc1)C(=O)N=C1S[C@H]2CS(=O)(=O)C[C@H]2N1Cc1ccccc1. The Hall–Kier alpha value is -2.85. The van der Waals surface area contributed by atoms with Gasteiger partial charge in [0.2, 0.25) is 0 Å². The Morgan fingerprint density at radius 3 is 2.28 bits per heavy atom. The maximum Gasteiger partial charge on any atom is 0.408 e. The van der Waals surface area contributed by atoms with Crippen LogP contribution in [-0.2, 0) is 32.3 Å². The fourth-order valence-corrected chi connectivity index (χ4v) is 8.23. The van der Waals surface area contributed by atoms with E-state index in [9.17, 15) is 18.0 Å². The molecule has 10 heteroatoms. The highest BCUT2D eigenvalue weighted by Crippen LogP contribution is 2.39. The van der Waals surface area contributed by atoms with Crippen LogP contribution in [0.2, 0.25) is 0 Å². The topological polar surface area (TPSA) is 105 Å². The fraction of sp³-hybridized carbons (Fsp3) is 0.423. The number of thioether (sulfide) groups is 1. The van der Waals surface area contributed by atoms with Gasteiger partial charge in [0.1, 0.15) is 11.6 Å². The third-order valence-electron chi connectivity index (χ3n) is 5.85. The number of amidine groups is 1. The lowest BCUT2D eigenvalue weighted by atomic mass is 10.1. The molecule has 2 aromatic carbocycles. The summed E-state index contributed by atoms with van der Waals surface area (Å²) in [4.78, 5) is 32.3. The maximum absolute atomic E-state index is 13.4. The molecule has 0 unspecified atom stereocenters. The summed E-state index contributed by atoms with van der Waals surface area (Å²) in [5.41, 5.74) is 1.15. The van der Waals surface area contributed by atoms with E-state index >= 15 is 0 Å². The van der Waals surface area contributed by atoms with Crippen molar-refractivity contribution in [3.05, 3.63) is 71.8 Å². The molecular formula is C26H31N3O5S2. The number of nitrogens with one attached hydrogen (secondary N) is 1. The second kappa shape index (κ2) is 10.6. The number of amides is 2. The minimum atomic E-state index is -3.15. The number of alkyl carbamates (subject to hydrolysis) is 1. The van der Waals surface area contributed by atoms with Crippen molar-refractivity contribution >= 4 is 38.8 Å². The first kappa shape index (κ1) is 26.2. The van der Waals surface area contributed by atoms with Crippen molar-refractivity contribution < 1.29 is 22.7 Å². The van der Waals surface area contributed by atoms with Gasteiger partial charge in [-0.3, -0.25) is 4.79 Å². The number of carbonyl (C=O) groups is 2. The summed E-state index contributed by atoms with van der Waals surface area (Å²) in [5, 5.41) is 2.98. The molecule has 1 N–H and O–H groups in total. The van der Waals surface area contributed by atoms with Gasteiger partial charge in [-0.15, -0.1) is 0 Å². The maximum atomic E-state index is 13.4. The van der Waals surface area contributed by atoms with E-state index in [1.807, 2.05) is 65.6 Å². The highest BCUT2D eigenvalue weighted by molar-refractivity contribution is 8.15. The first-order chi connectivity index (χ1) is 17.0. The molecule has 2 aliphatic rings. The molecule has 2 amide bonds. The van der Waals surface area contributed by atoms with Crippen LogP contribution < -0.4 is 5.32 Å². The lowest BCUT2D eigenvalue weighted by Crippen LogP contribution is -2.45. The summed E-state index contributed by atoms with van der Waals surface area (Å²) in [6.07, 6.45) is -0.444. The number of aliphatic imine (C=N–C) groups is 1. The smallest absolute Gasteiger partial charge is 0.408 e. The number of nitrogens with zero attached hydrogens (tertiary/aromatic N) is 2. The number of hydrogen-bond donors (Lipinski definition) is 1. The van der Waals surface area contributed by atoms with Gasteiger partial charge in [0.05, 0.1) is 17.5 Å². The minimum absolute atomic E-state index is 0.0360. The number of ether oxygens (including phenoxy) is 1. The number of fused-ring (bicyclic) bond motifs is 1. The molecule has 2 fully saturated rings. The Labute approximate surface area is 216 Å². The van der Waals surface area contributed by atoms with Crippen LogP contribution in [0.15, 0.2) is 65.7 Å². The van der Waals surface area contributed by atoms with Gasteiger partial charge in [0.25, 0.3) is 5.91 Å². The van der Waals surface area contributed by atoms with E-state index in [-0.39, 0.29) is 29.2 Å². The van der Waals surface area contributed by atoms with E-state index in [4.69, 9.17) is 4.74 Å². The molecule has 0 aromatic heterocycles. The first-order valence-electron chi connectivity index (χ1n) is 11.8. The molecule has 2 aromatic rings. The van der Waals surface area contributed by atoms with Gasteiger partial charge in [-0.25, -0.2) is 13.2 Å². The summed E-state index contributed by atoms with van der Waals surface area (Å²) in [6, 6.07) is 17.9. The zero-order chi connectivity index (χ0) is 25.9. The normalized spacial score (nSPS) is 22.8. The molecule has 2 saturated heterocycles. The largest absolute Gasteiger partial charge is 0.444 e. The van der Waals surface area contributed by atoms with Gasteiger partial charge in [-0.05, 0) is 31.9 Å². The standard InChI is InChI=1S/C26H31N3O5S2/c1-26(2,3)34-25(31)27-20(14-18-10-6-4-7-11-18)23(30)28-24-29(15-19-12-8-5-9-13-19)21-16-36(32,33)17-22(21)35-24/h4-13,20-22H,14-17H2,1-3H3,(H,27,31)/t20-,21+,22-/m0/s1. The predicted octanol–water partition coefficient (Wildman–Crippen LogP) is 3.42. The highest BCUT2D eigenvalue weighted by Gasteiger charge is 2.48. The van der Waals surface area contributed by atoms with Crippen molar-refractivity contribution in [3.63, 3.8) is 0 Å². The van der Waals surface area contributed by atoms with E-state index in [0.29, 0.717) is 11.7 Å². The van der Waals surface area contributed by atoms with Crippen LogP contribution in [-0.4, -0.2) is 64.9 Å². The molecule has 0 bridgehead atoms. The molecule has 3 atom stereocenters. The van der Waals surface area contributed by atoms with Gasteiger partial charge in [-0.1, -0.05) is 72.4 Å². The summed E-state index contributed by atoms with van der Waals surface area (Å²) in [6.45, 7) is 5.71. The number of sulfone groups is 1. The number of hydrogen-bond acceptors (Lipinski definition) is 6. The molecule has 36 heavy (non-hydrogen) atoms. The first-order valence-corrected chi connectivity index (χ1v) is 14.5. The average molecular weight is 530 g/mol. The Morgan fingerprint density at radius 2 is 1.67 bits per heavy atom. The molecule has 0 radical (unpaired) electrons. The number of benzene rings is 2. The van der Waals surface area contributed by atoms with Gasteiger partial charge in [0.15, 0.2) is 15.0 Å². The molecule has 8 nitrogen and oxygen atoms in total. The second-order valence-electron chi connectivity index (χ2n) is 10.0. The van der Waals surface area contributed by atoms with Crippen LogP contribution in [0.5, 0.6) is 0 Å². The molecular weight excluding hydrogens is 498 g/mol. The third-order valence-corrected chi connectivity index (χ3v) is 9.10. The molecule has 2 aliphatic heterocycles. The van der Waals surface area contributed by atoms with E-state index in [1.165, 1.54) is 11.8 Å². The van der Waals surface area contributed by atoms with Crippen molar-refractivity contribution in [2.75, 3.05) is 11.5 Å². The number of carbonyl (C=O) groups excluding carboxylic acids is 2. The quantitative estimate of drug-likeness (QED) is 0.611. The molecule has 192 valence electrons. The van der Waals surface area contributed by atoms with Crippen molar-refractivity contribution in [1.29, 1.82) is 0 Å². The van der Waals surface area contributed by atoms with Crippen LogP contribution in [0, 0.1) is 0 Å². The van der Waals surface area contributed by atoms with Crippen LogP contribution >= 0.6 is 11.8 Å². The molecule has 0 aliphatic carbocycles. The Kier molecular flexibility index (Phi) is 7.75. The monoisotopic (exact) mass is 529 g/mol. The highest BCUT2D eigenvalue weighted by atomic mass is 32.2. The minimum Gasteiger partial charge on any atom is -0.444 e. The van der Waals surface area contributed by atoms with Crippen molar-refractivity contribution in [2.45, 2.75) is 56.7 Å². The molecule has 0 spiro atoms. The van der Waals surface area contributed by atoms with Crippen molar-refractivity contribution in [2.24, 2.45) is 4.99 Å². The average Bonchev–Trinajstić information content (AvgIpc) is 3.25. The third kappa shape index (κ3) is 6.88. The number of rotatable bonds is 6. The van der Waals surface area contributed by atoms with Gasteiger partial charge < -0.3 is 15.0 Å². The van der Waals surface area contributed by atoms with Crippen LogP contribution in [0.4, 0.5) is 4.79 Å². The van der Waals surface area contributed by atoms with E-state index in [0.717, 1.165) is 11.1 Å². The Bertz CT molecular complexity index is 1230. The Balaban J connectivity index is 1.59. The summed E-state index contributed by atoms with van der Waals surface area (Å²) >= 11 is 1.32. The lowest BCUT2D eigenvalue weighted by molar-refractivity contribution is -0.119. The second-order valence-corrected chi connectivity index (χ2v) is 13.4. The molecule has 0 saturated carbocycles. The van der Waals surface area contributed by atoms with Crippen LogP contribution in [0.25, 0.3) is 0 Å². The Morgan fingerprint density at radius 1 is 1.06 bits per heavy atom. The lowest BCUT2D eigenvalue weighted by Gasteiger charge is -2.25. The summed E-state index contributed by atoms with van der Waals surface area (Å²) < 4.78 is 30.0.